The van der Waals surface area contributed by atoms with Crippen LogP contribution in [0.3, 0.4) is 0 Å². The zero-order valence-corrected chi connectivity index (χ0v) is 16.6. The van der Waals surface area contributed by atoms with E-state index in [4.69, 9.17) is 9.72 Å². The maximum absolute atomic E-state index is 5.83. The van der Waals surface area contributed by atoms with Crippen LogP contribution in [0.2, 0.25) is 0 Å². The number of benzene rings is 3. The number of nitrogens with one attached hydrogen (secondary N) is 1. The molecule has 0 bridgehead atoms. The molecule has 0 saturated carbocycles. The van der Waals surface area contributed by atoms with Crippen LogP contribution in [0, 0.1) is 0 Å². The van der Waals surface area contributed by atoms with E-state index in [1.807, 2.05) is 68.7 Å². The lowest BCUT2D eigenvalue weighted by Crippen LogP contribution is -2.07. The quantitative estimate of drug-likeness (QED) is 0.415. The van der Waals surface area contributed by atoms with Crippen LogP contribution >= 0.6 is 11.3 Å². The Hall–Kier alpha value is -3.31. The third kappa shape index (κ3) is 4.32. The average molecular weight is 388 g/mol. The fourth-order valence-corrected chi connectivity index (χ4v) is 3.49. The van der Waals surface area contributed by atoms with Gasteiger partial charge in [-0.15, -0.1) is 11.3 Å². The van der Waals surface area contributed by atoms with Gasteiger partial charge in [0.25, 0.3) is 0 Å². The molecule has 3 aromatic carbocycles. The zero-order chi connectivity index (χ0) is 19.3. The summed E-state index contributed by atoms with van der Waals surface area (Å²) in [4.78, 5) is 6.79. The Labute approximate surface area is 169 Å². The number of hydrogen-bond donors (Lipinski definition) is 1. The Bertz CT molecular complexity index is 1030. The minimum Gasteiger partial charge on any atom is -0.457 e. The molecule has 28 heavy (non-hydrogen) atoms. The Morgan fingerprint density at radius 2 is 1.50 bits per heavy atom. The second-order valence-electron chi connectivity index (χ2n) is 6.54. The molecule has 0 amide bonds. The van der Waals surface area contributed by atoms with E-state index < -0.39 is 0 Å². The number of aromatic nitrogens is 1. The molecule has 1 aromatic heterocycles. The predicted octanol–water partition coefficient (Wildman–Crippen LogP) is 6.41. The number of nitrogens with zero attached hydrogens (tertiary/aromatic N) is 2. The Morgan fingerprint density at radius 1 is 0.821 bits per heavy atom. The van der Waals surface area contributed by atoms with Crippen LogP contribution in [-0.2, 0) is 0 Å². The third-order valence-electron chi connectivity index (χ3n) is 4.27. The highest BCUT2D eigenvalue weighted by atomic mass is 32.1. The minimum absolute atomic E-state index is 0.803. The molecule has 0 unspecified atom stereocenters. The average Bonchev–Trinajstić information content (AvgIpc) is 3.19. The molecule has 0 fully saturated rings. The number of anilines is 3. The molecular formula is C23H21N3OS. The van der Waals surface area contributed by atoms with Gasteiger partial charge in [0.15, 0.2) is 5.13 Å². The van der Waals surface area contributed by atoms with Crippen molar-refractivity contribution in [3.05, 3.63) is 84.2 Å². The summed E-state index contributed by atoms with van der Waals surface area (Å²) in [5, 5.41) is 6.29. The topological polar surface area (TPSA) is 37.4 Å². The first-order valence-electron chi connectivity index (χ1n) is 9.01. The van der Waals surface area contributed by atoms with Crippen LogP contribution in [0.4, 0.5) is 16.5 Å². The summed E-state index contributed by atoms with van der Waals surface area (Å²) >= 11 is 1.59. The van der Waals surface area contributed by atoms with Crippen molar-refractivity contribution in [1.29, 1.82) is 0 Å². The van der Waals surface area contributed by atoms with Gasteiger partial charge < -0.3 is 15.0 Å². The van der Waals surface area contributed by atoms with Crippen molar-refractivity contribution in [3.63, 3.8) is 0 Å². The number of para-hydroxylation sites is 1. The summed E-state index contributed by atoms with van der Waals surface area (Å²) in [6, 6.07) is 26.1. The van der Waals surface area contributed by atoms with Crippen molar-refractivity contribution >= 4 is 27.8 Å². The van der Waals surface area contributed by atoms with Gasteiger partial charge in [-0.25, -0.2) is 4.98 Å². The van der Waals surface area contributed by atoms with Crippen molar-refractivity contribution in [2.45, 2.75) is 0 Å². The molecule has 4 rings (SSSR count). The molecule has 5 heteroatoms. The van der Waals surface area contributed by atoms with E-state index in [-0.39, 0.29) is 0 Å². The lowest BCUT2D eigenvalue weighted by molar-refractivity contribution is 0.483. The fraction of sp³-hybridized carbons (Fsp3) is 0.0870. The second kappa shape index (κ2) is 8.15. The standard InChI is InChI=1S/C23H21N3OS/c1-26(2)19-12-8-17(9-13-19)22-16-28-23(25-22)24-18-10-14-21(15-11-18)27-20-6-4-3-5-7-20/h3-16H,1-2H3,(H,24,25). The molecule has 0 aliphatic heterocycles. The molecular weight excluding hydrogens is 366 g/mol. The maximum atomic E-state index is 5.83. The van der Waals surface area contributed by atoms with Gasteiger partial charge in [0.1, 0.15) is 11.5 Å². The van der Waals surface area contributed by atoms with Gasteiger partial charge in [0.05, 0.1) is 5.69 Å². The van der Waals surface area contributed by atoms with Crippen LogP contribution in [0.25, 0.3) is 11.3 Å². The molecule has 1 N–H and O–H groups in total. The number of rotatable bonds is 6. The highest BCUT2D eigenvalue weighted by Gasteiger charge is 2.06. The van der Waals surface area contributed by atoms with Crippen LogP contribution in [-0.4, -0.2) is 19.1 Å². The summed E-state index contributed by atoms with van der Waals surface area (Å²) in [7, 11) is 4.08. The van der Waals surface area contributed by atoms with E-state index >= 15 is 0 Å². The number of ether oxygens (including phenoxy) is 1. The molecule has 4 aromatic rings. The van der Waals surface area contributed by atoms with E-state index in [1.54, 1.807) is 11.3 Å². The first kappa shape index (κ1) is 18.1. The normalized spacial score (nSPS) is 10.5. The minimum atomic E-state index is 0.803. The second-order valence-corrected chi connectivity index (χ2v) is 7.40. The summed E-state index contributed by atoms with van der Waals surface area (Å²) in [6.45, 7) is 0. The van der Waals surface area contributed by atoms with Crippen molar-refractivity contribution in [2.75, 3.05) is 24.3 Å². The molecule has 0 saturated heterocycles. The van der Waals surface area contributed by atoms with E-state index in [1.165, 1.54) is 5.69 Å². The Balaban J connectivity index is 1.42. The predicted molar refractivity (Wildman–Crippen MR) is 118 cm³/mol. The van der Waals surface area contributed by atoms with Crippen molar-refractivity contribution in [3.8, 4) is 22.8 Å². The van der Waals surface area contributed by atoms with Gasteiger partial charge in [-0.1, -0.05) is 30.3 Å². The monoisotopic (exact) mass is 387 g/mol. The molecule has 0 aliphatic carbocycles. The Kier molecular flexibility index (Phi) is 5.26. The smallest absolute Gasteiger partial charge is 0.187 e. The largest absolute Gasteiger partial charge is 0.457 e. The zero-order valence-electron chi connectivity index (χ0n) is 15.8. The van der Waals surface area contributed by atoms with Crippen LogP contribution in [0.1, 0.15) is 0 Å². The van der Waals surface area contributed by atoms with Crippen molar-refractivity contribution < 1.29 is 4.74 Å². The summed E-state index contributed by atoms with van der Waals surface area (Å²) in [5.41, 5.74) is 4.24. The molecule has 0 radical (unpaired) electrons. The summed E-state index contributed by atoms with van der Waals surface area (Å²) in [5.74, 6) is 1.63. The molecule has 140 valence electrons. The van der Waals surface area contributed by atoms with Gasteiger partial charge in [-0.3, -0.25) is 0 Å². The molecule has 0 aliphatic rings. The molecule has 0 spiro atoms. The lowest BCUT2D eigenvalue weighted by Gasteiger charge is -2.12. The highest BCUT2D eigenvalue weighted by molar-refractivity contribution is 7.14. The highest BCUT2D eigenvalue weighted by Crippen LogP contribution is 2.29. The van der Waals surface area contributed by atoms with E-state index in [0.717, 1.165) is 33.6 Å². The van der Waals surface area contributed by atoms with Gasteiger partial charge in [0.2, 0.25) is 0 Å². The summed E-state index contributed by atoms with van der Waals surface area (Å²) < 4.78 is 5.83. The van der Waals surface area contributed by atoms with Crippen LogP contribution < -0.4 is 15.0 Å². The van der Waals surface area contributed by atoms with E-state index in [9.17, 15) is 0 Å². The van der Waals surface area contributed by atoms with Crippen molar-refractivity contribution in [2.24, 2.45) is 0 Å². The first-order chi connectivity index (χ1) is 13.7. The first-order valence-corrected chi connectivity index (χ1v) is 9.89. The summed E-state index contributed by atoms with van der Waals surface area (Å²) in [6.07, 6.45) is 0. The third-order valence-corrected chi connectivity index (χ3v) is 5.03. The fourth-order valence-electron chi connectivity index (χ4n) is 2.75. The van der Waals surface area contributed by atoms with Gasteiger partial charge in [0, 0.05) is 36.4 Å². The molecule has 4 nitrogen and oxygen atoms in total. The van der Waals surface area contributed by atoms with Gasteiger partial charge in [-0.05, 0) is 48.5 Å². The van der Waals surface area contributed by atoms with E-state index in [2.05, 4.69) is 39.9 Å². The SMILES string of the molecule is CN(C)c1ccc(-c2csc(Nc3ccc(Oc4ccccc4)cc3)n2)cc1. The van der Waals surface area contributed by atoms with Crippen LogP contribution in [0.15, 0.2) is 84.2 Å². The molecule has 0 atom stereocenters. The molecule has 1 heterocycles. The number of hydrogen-bond acceptors (Lipinski definition) is 5. The van der Waals surface area contributed by atoms with Crippen molar-refractivity contribution in [1.82, 2.24) is 4.98 Å². The van der Waals surface area contributed by atoms with E-state index in [0.29, 0.717) is 0 Å². The lowest BCUT2D eigenvalue weighted by atomic mass is 10.1. The van der Waals surface area contributed by atoms with Gasteiger partial charge >= 0.3 is 0 Å². The Morgan fingerprint density at radius 3 is 2.18 bits per heavy atom. The number of thiazole rings is 1. The van der Waals surface area contributed by atoms with Gasteiger partial charge in [-0.2, -0.15) is 0 Å². The maximum Gasteiger partial charge on any atom is 0.187 e. The van der Waals surface area contributed by atoms with Crippen LogP contribution in [0.5, 0.6) is 11.5 Å².